The lowest BCUT2D eigenvalue weighted by atomic mass is 9.96. The number of carboxylic acid groups (broad SMARTS) is 1. The largest absolute Gasteiger partial charge is 0.478 e. The minimum atomic E-state index is -1.06. The van der Waals surface area contributed by atoms with Crippen molar-refractivity contribution in [3.05, 3.63) is 47.0 Å². The van der Waals surface area contributed by atoms with Gasteiger partial charge in [0.05, 0.1) is 5.56 Å². The van der Waals surface area contributed by atoms with Crippen LogP contribution in [0.1, 0.15) is 26.3 Å². The second kappa shape index (κ2) is 4.18. The topological polar surface area (TPSA) is 54.4 Å². The molecule has 17 heavy (non-hydrogen) atoms. The zero-order chi connectivity index (χ0) is 12.6. The van der Waals surface area contributed by atoms with Gasteiger partial charge in [0.15, 0.2) is 0 Å². The number of carbonyl (C=O) groups is 2. The van der Waals surface area contributed by atoms with E-state index in [1.165, 1.54) is 6.07 Å². The van der Waals surface area contributed by atoms with Crippen molar-refractivity contribution in [2.24, 2.45) is 0 Å². The van der Waals surface area contributed by atoms with Gasteiger partial charge in [-0.15, -0.1) is 0 Å². The van der Waals surface area contributed by atoms with E-state index in [1.807, 2.05) is 0 Å². The summed E-state index contributed by atoms with van der Waals surface area (Å²) in [4.78, 5) is 22.6. The summed E-state index contributed by atoms with van der Waals surface area (Å²) in [5.74, 6) is -1.06. The summed E-state index contributed by atoms with van der Waals surface area (Å²) in [6, 6.07) is 8.46. The summed E-state index contributed by atoms with van der Waals surface area (Å²) >= 11 is 5.48. The normalized spacial score (nSPS) is 10.5. The molecule has 0 aliphatic carbocycles. The smallest absolute Gasteiger partial charge is 0.336 e. The maximum Gasteiger partial charge on any atom is 0.336 e. The summed E-state index contributed by atoms with van der Waals surface area (Å²) in [6.07, 6.45) is 0. The number of hydrogen-bond donors (Lipinski definition) is 1. The van der Waals surface area contributed by atoms with Gasteiger partial charge in [0.1, 0.15) is 0 Å². The van der Waals surface area contributed by atoms with E-state index >= 15 is 0 Å². The van der Waals surface area contributed by atoms with Gasteiger partial charge in [-0.05, 0) is 35.5 Å². The molecule has 0 saturated heterocycles. The number of hydrogen-bond acceptors (Lipinski definition) is 2. The fraction of sp³-hybridized carbons (Fsp3) is 0.0769. The lowest BCUT2D eigenvalue weighted by molar-refractivity contribution is 0.0698. The molecule has 0 amide bonds. The van der Waals surface area contributed by atoms with E-state index in [2.05, 4.69) is 0 Å². The van der Waals surface area contributed by atoms with Crippen LogP contribution in [-0.4, -0.2) is 16.3 Å². The lowest BCUT2D eigenvalue weighted by Gasteiger charge is -2.08. The molecule has 0 radical (unpaired) electrons. The third-order valence-corrected chi connectivity index (χ3v) is 2.88. The van der Waals surface area contributed by atoms with Crippen molar-refractivity contribution in [3.63, 3.8) is 0 Å². The van der Waals surface area contributed by atoms with Gasteiger partial charge >= 0.3 is 5.97 Å². The maximum atomic E-state index is 11.3. The van der Waals surface area contributed by atoms with Gasteiger partial charge < -0.3 is 5.11 Å². The van der Waals surface area contributed by atoms with Crippen LogP contribution in [0.3, 0.4) is 0 Å². The van der Waals surface area contributed by atoms with Crippen molar-refractivity contribution >= 4 is 33.6 Å². The number of carbonyl (C=O) groups excluding carboxylic acids is 1. The van der Waals surface area contributed by atoms with Crippen LogP contribution in [0.4, 0.5) is 0 Å². The van der Waals surface area contributed by atoms with E-state index in [4.69, 9.17) is 11.6 Å². The van der Waals surface area contributed by atoms with Gasteiger partial charge in [-0.25, -0.2) is 4.79 Å². The van der Waals surface area contributed by atoms with E-state index in [0.29, 0.717) is 16.3 Å². The van der Waals surface area contributed by atoms with Crippen LogP contribution in [0.25, 0.3) is 10.8 Å². The van der Waals surface area contributed by atoms with E-state index in [9.17, 15) is 14.7 Å². The SMILES string of the molecule is Cc1ccc2cccc(C(=O)Cl)c2c1C(=O)O. The molecule has 2 aromatic carbocycles. The Morgan fingerprint density at radius 3 is 2.47 bits per heavy atom. The fourth-order valence-corrected chi connectivity index (χ4v) is 2.08. The molecule has 0 spiro atoms. The van der Waals surface area contributed by atoms with E-state index < -0.39 is 11.2 Å². The minimum absolute atomic E-state index is 0.132. The Kier molecular flexibility index (Phi) is 2.86. The second-order valence-corrected chi connectivity index (χ2v) is 4.08. The molecule has 2 rings (SSSR count). The summed E-state index contributed by atoms with van der Waals surface area (Å²) in [7, 11) is 0. The second-order valence-electron chi connectivity index (χ2n) is 3.74. The zero-order valence-electron chi connectivity index (χ0n) is 9.03. The minimum Gasteiger partial charge on any atom is -0.478 e. The fourth-order valence-electron chi connectivity index (χ4n) is 1.92. The van der Waals surface area contributed by atoms with Crippen molar-refractivity contribution < 1.29 is 14.7 Å². The molecule has 86 valence electrons. The average molecular weight is 249 g/mol. The molecule has 1 N–H and O–H groups in total. The summed E-state index contributed by atoms with van der Waals surface area (Å²) in [6.45, 7) is 1.69. The molecule has 0 aromatic heterocycles. The monoisotopic (exact) mass is 248 g/mol. The molecule has 0 bridgehead atoms. The van der Waals surface area contributed by atoms with Gasteiger partial charge in [-0.2, -0.15) is 0 Å². The maximum absolute atomic E-state index is 11.3. The first-order valence-electron chi connectivity index (χ1n) is 4.98. The highest BCUT2D eigenvalue weighted by Gasteiger charge is 2.17. The van der Waals surface area contributed by atoms with Gasteiger partial charge in [0.25, 0.3) is 5.24 Å². The zero-order valence-corrected chi connectivity index (χ0v) is 9.78. The third kappa shape index (κ3) is 1.89. The molecule has 0 aliphatic heterocycles. The number of aryl methyl sites for hydroxylation is 1. The van der Waals surface area contributed by atoms with Crippen LogP contribution in [0.2, 0.25) is 0 Å². The van der Waals surface area contributed by atoms with Crippen molar-refractivity contribution in [2.75, 3.05) is 0 Å². The molecule has 0 atom stereocenters. The van der Waals surface area contributed by atoms with Crippen molar-refractivity contribution in [3.8, 4) is 0 Å². The quantitative estimate of drug-likeness (QED) is 0.830. The van der Waals surface area contributed by atoms with Crippen LogP contribution in [0.15, 0.2) is 30.3 Å². The Bertz CT molecular complexity index is 632. The van der Waals surface area contributed by atoms with Crippen molar-refractivity contribution in [1.29, 1.82) is 0 Å². The molecule has 0 aliphatic rings. The molecule has 0 heterocycles. The van der Waals surface area contributed by atoms with E-state index in [1.54, 1.807) is 31.2 Å². The number of benzene rings is 2. The molecule has 4 heteroatoms. The molecule has 2 aromatic rings. The highest BCUT2D eigenvalue weighted by molar-refractivity contribution is 6.68. The van der Waals surface area contributed by atoms with Crippen LogP contribution in [-0.2, 0) is 0 Å². The van der Waals surface area contributed by atoms with E-state index in [0.717, 1.165) is 0 Å². The molecule has 3 nitrogen and oxygen atoms in total. The highest BCUT2D eigenvalue weighted by atomic mass is 35.5. The number of carboxylic acids is 1. The number of halogens is 1. The average Bonchev–Trinajstić information content (AvgIpc) is 2.27. The Morgan fingerprint density at radius 2 is 1.88 bits per heavy atom. The molecule has 0 saturated carbocycles. The number of fused-ring (bicyclic) bond motifs is 1. The van der Waals surface area contributed by atoms with Gasteiger partial charge in [-0.3, -0.25) is 4.79 Å². The van der Waals surface area contributed by atoms with Gasteiger partial charge in [0.2, 0.25) is 0 Å². The number of rotatable bonds is 2. The lowest BCUT2D eigenvalue weighted by Crippen LogP contribution is -2.04. The van der Waals surface area contributed by atoms with Crippen molar-refractivity contribution in [1.82, 2.24) is 0 Å². The Hall–Kier alpha value is -1.87. The summed E-state index contributed by atoms with van der Waals surface area (Å²) in [5, 5.41) is 9.66. The Morgan fingerprint density at radius 1 is 1.18 bits per heavy atom. The standard InChI is InChI=1S/C13H9ClO3/c1-7-5-6-8-3-2-4-9(12(14)15)11(8)10(7)13(16)17/h2-6H,1H3,(H,16,17). The van der Waals surface area contributed by atoms with Crippen molar-refractivity contribution in [2.45, 2.75) is 6.92 Å². The number of aromatic carboxylic acids is 1. The molecule has 0 unspecified atom stereocenters. The van der Waals surface area contributed by atoms with Crippen LogP contribution in [0.5, 0.6) is 0 Å². The predicted molar refractivity (Wildman–Crippen MR) is 65.8 cm³/mol. The summed E-state index contributed by atoms with van der Waals surface area (Å²) in [5.41, 5.74) is 0.965. The Balaban J connectivity index is 2.99. The van der Waals surface area contributed by atoms with Gasteiger partial charge in [-0.1, -0.05) is 24.3 Å². The van der Waals surface area contributed by atoms with Crippen LogP contribution < -0.4 is 0 Å². The summed E-state index contributed by atoms with van der Waals surface area (Å²) < 4.78 is 0. The van der Waals surface area contributed by atoms with E-state index in [-0.39, 0.29) is 11.1 Å². The molecular formula is C13H9ClO3. The molecule has 0 fully saturated rings. The Labute approximate surface area is 103 Å². The third-order valence-electron chi connectivity index (χ3n) is 2.68. The molecular weight excluding hydrogens is 240 g/mol. The predicted octanol–water partition coefficient (Wildman–Crippen LogP) is 3.23. The van der Waals surface area contributed by atoms with Crippen LogP contribution in [0, 0.1) is 6.92 Å². The van der Waals surface area contributed by atoms with Gasteiger partial charge in [0, 0.05) is 10.9 Å². The first kappa shape index (κ1) is 11.6. The first-order valence-corrected chi connectivity index (χ1v) is 5.35. The highest BCUT2D eigenvalue weighted by Crippen LogP contribution is 2.27. The van der Waals surface area contributed by atoms with Crippen LogP contribution >= 0.6 is 11.6 Å². The first-order chi connectivity index (χ1) is 8.02.